The standard InChI is InChI=1S/C17H22N2OS/c1-5-12(2)21-16-18-14(17(3,4)15(20)19-16)11-13-9-7-6-8-10-13/h6-12H,5H2,1-4H3,(H,18,19,20)/b14-11+. The number of rotatable bonds is 3. The number of amides is 1. The molecule has 112 valence electrons. The molecule has 1 amide bonds. The Morgan fingerprint density at radius 2 is 2.00 bits per heavy atom. The fourth-order valence-corrected chi connectivity index (χ4v) is 2.75. The van der Waals surface area contributed by atoms with Crippen LogP contribution >= 0.6 is 11.8 Å². The summed E-state index contributed by atoms with van der Waals surface area (Å²) in [4.78, 5) is 17.0. The molecular weight excluding hydrogens is 280 g/mol. The van der Waals surface area contributed by atoms with Crippen molar-refractivity contribution >= 4 is 28.9 Å². The number of thioether (sulfide) groups is 1. The van der Waals surface area contributed by atoms with Gasteiger partial charge in [0.1, 0.15) is 0 Å². The molecule has 0 spiro atoms. The van der Waals surface area contributed by atoms with Gasteiger partial charge in [0.05, 0.1) is 11.1 Å². The molecule has 4 heteroatoms. The minimum Gasteiger partial charge on any atom is -0.304 e. The molecule has 0 fully saturated rings. The maximum absolute atomic E-state index is 12.4. The number of nitrogens with one attached hydrogen (secondary N) is 1. The number of carbonyl (C=O) groups is 1. The molecule has 0 aromatic heterocycles. The van der Waals surface area contributed by atoms with Crippen LogP contribution < -0.4 is 5.32 Å². The molecule has 0 bridgehead atoms. The van der Waals surface area contributed by atoms with Gasteiger partial charge in [-0.15, -0.1) is 0 Å². The number of hydrogen-bond acceptors (Lipinski definition) is 3. The Kier molecular flexibility index (Phi) is 4.88. The highest BCUT2D eigenvalue weighted by atomic mass is 32.2. The summed E-state index contributed by atoms with van der Waals surface area (Å²) in [7, 11) is 0. The van der Waals surface area contributed by atoms with E-state index in [1.807, 2.05) is 50.3 Å². The van der Waals surface area contributed by atoms with Gasteiger partial charge in [0.15, 0.2) is 5.17 Å². The zero-order valence-corrected chi connectivity index (χ0v) is 13.8. The smallest absolute Gasteiger partial charge is 0.237 e. The molecule has 0 saturated carbocycles. The van der Waals surface area contributed by atoms with E-state index in [4.69, 9.17) is 0 Å². The van der Waals surface area contributed by atoms with Crippen LogP contribution in [0.4, 0.5) is 0 Å². The van der Waals surface area contributed by atoms with Gasteiger partial charge in [-0.3, -0.25) is 4.79 Å². The van der Waals surface area contributed by atoms with E-state index in [0.717, 1.165) is 17.7 Å². The topological polar surface area (TPSA) is 41.5 Å². The van der Waals surface area contributed by atoms with Crippen molar-refractivity contribution in [3.05, 3.63) is 41.6 Å². The van der Waals surface area contributed by atoms with Crippen molar-refractivity contribution in [3.8, 4) is 0 Å². The first-order valence-corrected chi connectivity index (χ1v) is 8.15. The van der Waals surface area contributed by atoms with E-state index < -0.39 is 5.41 Å². The third-order valence-electron chi connectivity index (χ3n) is 3.64. The first kappa shape index (κ1) is 15.8. The average Bonchev–Trinajstić information content (AvgIpc) is 2.45. The highest BCUT2D eigenvalue weighted by molar-refractivity contribution is 8.14. The second-order valence-corrected chi connectivity index (χ2v) is 7.20. The van der Waals surface area contributed by atoms with Crippen LogP contribution in [0.1, 0.15) is 39.7 Å². The zero-order chi connectivity index (χ0) is 15.5. The summed E-state index contributed by atoms with van der Waals surface area (Å²) in [5.41, 5.74) is 1.25. The Hall–Kier alpha value is -1.55. The van der Waals surface area contributed by atoms with E-state index in [-0.39, 0.29) is 5.91 Å². The predicted molar refractivity (Wildman–Crippen MR) is 91.1 cm³/mol. The van der Waals surface area contributed by atoms with Crippen LogP contribution in [0.25, 0.3) is 6.08 Å². The fraction of sp³-hybridized carbons (Fsp3) is 0.412. The summed E-state index contributed by atoms with van der Waals surface area (Å²) in [6.45, 7) is 8.09. The van der Waals surface area contributed by atoms with E-state index >= 15 is 0 Å². The lowest BCUT2D eigenvalue weighted by atomic mass is 9.86. The third-order valence-corrected chi connectivity index (χ3v) is 4.79. The zero-order valence-electron chi connectivity index (χ0n) is 13.0. The molecule has 1 aromatic rings. The van der Waals surface area contributed by atoms with Crippen molar-refractivity contribution in [2.24, 2.45) is 10.4 Å². The van der Waals surface area contributed by atoms with Gasteiger partial charge < -0.3 is 5.32 Å². The number of aliphatic imine (C=N–C) groups is 1. The van der Waals surface area contributed by atoms with Gasteiger partial charge in [-0.05, 0) is 31.9 Å². The summed E-state index contributed by atoms with van der Waals surface area (Å²) in [5.74, 6) is 0.00508. The Balaban J connectivity index is 2.36. The van der Waals surface area contributed by atoms with Crippen LogP contribution in [-0.2, 0) is 4.79 Å². The second kappa shape index (κ2) is 6.48. The number of hydrogen-bond donors (Lipinski definition) is 1. The monoisotopic (exact) mass is 302 g/mol. The average molecular weight is 302 g/mol. The molecule has 2 rings (SSSR count). The van der Waals surface area contributed by atoms with Crippen LogP contribution in [0.15, 0.2) is 41.0 Å². The van der Waals surface area contributed by atoms with Gasteiger partial charge in [-0.2, -0.15) is 0 Å². The van der Waals surface area contributed by atoms with Crippen molar-refractivity contribution in [2.45, 2.75) is 39.4 Å². The molecule has 0 radical (unpaired) electrons. The van der Waals surface area contributed by atoms with Gasteiger partial charge in [0.25, 0.3) is 0 Å². The van der Waals surface area contributed by atoms with E-state index in [1.165, 1.54) is 0 Å². The van der Waals surface area contributed by atoms with E-state index in [1.54, 1.807) is 11.8 Å². The Morgan fingerprint density at radius 3 is 2.62 bits per heavy atom. The Labute approximate surface area is 130 Å². The molecule has 1 aromatic carbocycles. The summed E-state index contributed by atoms with van der Waals surface area (Å²) < 4.78 is 0. The van der Waals surface area contributed by atoms with E-state index in [0.29, 0.717) is 10.4 Å². The maximum atomic E-state index is 12.4. The van der Waals surface area contributed by atoms with E-state index in [2.05, 4.69) is 24.2 Å². The summed E-state index contributed by atoms with van der Waals surface area (Å²) in [6, 6.07) is 10.00. The Bertz CT molecular complexity index is 576. The van der Waals surface area contributed by atoms with Crippen molar-refractivity contribution < 1.29 is 4.79 Å². The number of amidine groups is 1. The SMILES string of the molecule is CCC(C)SC1=N/C(=C/c2ccccc2)C(C)(C)C(=O)N1. The molecule has 3 nitrogen and oxygen atoms in total. The maximum Gasteiger partial charge on any atom is 0.237 e. The molecule has 1 aliphatic heterocycles. The summed E-state index contributed by atoms with van der Waals surface area (Å²) in [5, 5.41) is 4.06. The van der Waals surface area contributed by atoms with Crippen molar-refractivity contribution in [1.82, 2.24) is 5.32 Å². The minimum atomic E-state index is -0.616. The lowest BCUT2D eigenvalue weighted by Gasteiger charge is -2.30. The van der Waals surface area contributed by atoms with Gasteiger partial charge in [0, 0.05) is 5.25 Å². The van der Waals surface area contributed by atoms with Crippen molar-refractivity contribution in [1.29, 1.82) is 0 Å². The van der Waals surface area contributed by atoms with Crippen LogP contribution in [0.2, 0.25) is 0 Å². The highest BCUT2D eigenvalue weighted by Gasteiger charge is 2.37. The third kappa shape index (κ3) is 3.76. The first-order chi connectivity index (χ1) is 9.93. The second-order valence-electron chi connectivity index (χ2n) is 5.77. The summed E-state index contributed by atoms with van der Waals surface area (Å²) in [6.07, 6.45) is 3.04. The molecule has 1 N–H and O–H groups in total. The number of carbonyl (C=O) groups excluding carboxylic acids is 1. The molecule has 0 saturated heterocycles. The molecular formula is C17H22N2OS. The number of nitrogens with zero attached hydrogens (tertiary/aromatic N) is 1. The molecule has 21 heavy (non-hydrogen) atoms. The normalized spacial score (nSPS) is 20.9. The van der Waals surface area contributed by atoms with Crippen molar-refractivity contribution in [2.75, 3.05) is 0 Å². The van der Waals surface area contributed by atoms with Crippen molar-refractivity contribution in [3.63, 3.8) is 0 Å². The number of benzene rings is 1. The van der Waals surface area contributed by atoms with Gasteiger partial charge in [-0.25, -0.2) is 4.99 Å². The minimum absolute atomic E-state index is 0.00508. The van der Waals surface area contributed by atoms with Crippen LogP contribution in [-0.4, -0.2) is 16.3 Å². The lowest BCUT2D eigenvalue weighted by Crippen LogP contribution is -2.44. The van der Waals surface area contributed by atoms with Gasteiger partial charge in [-0.1, -0.05) is 55.9 Å². The largest absolute Gasteiger partial charge is 0.304 e. The molecule has 1 heterocycles. The fourth-order valence-electron chi connectivity index (χ4n) is 1.90. The quantitative estimate of drug-likeness (QED) is 0.914. The summed E-state index contributed by atoms with van der Waals surface area (Å²) >= 11 is 1.62. The lowest BCUT2D eigenvalue weighted by molar-refractivity contribution is -0.126. The Morgan fingerprint density at radius 1 is 1.33 bits per heavy atom. The molecule has 1 unspecified atom stereocenters. The predicted octanol–water partition coefficient (Wildman–Crippen LogP) is 4.07. The van der Waals surface area contributed by atoms with Crippen LogP contribution in [0.5, 0.6) is 0 Å². The van der Waals surface area contributed by atoms with Gasteiger partial charge in [0.2, 0.25) is 5.91 Å². The van der Waals surface area contributed by atoms with E-state index in [9.17, 15) is 4.79 Å². The van der Waals surface area contributed by atoms with Crippen LogP contribution in [0.3, 0.4) is 0 Å². The van der Waals surface area contributed by atoms with Gasteiger partial charge >= 0.3 is 0 Å². The molecule has 1 aliphatic rings. The molecule has 1 atom stereocenters. The van der Waals surface area contributed by atoms with Crippen LogP contribution in [0, 0.1) is 5.41 Å². The highest BCUT2D eigenvalue weighted by Crippen LogP contribution is 2.34. The molecule has 0 aliphatic carbocycles. The first-order valence-electron chi connectivity index (χ1n) is 7.27.